The molecule has 0 aromatic carbocycles. The Labute approximate surface area is 91.6 Å². The lowest BCUT2D eigenvalue weighted by molar-refractivity contribution is -0.119. The molecule has 2 N–H and O–H groups in total. The van der Waals surface area contributed by atoms with E-state index < -0.39 is 0 Å². The van der Waals surface area contributed by atoms with Crippen LogP contribution >= 0.6 is 0 Å². The second-order valence-corrected chi connectivity index (χ2v) is 4.16. The molecular formula is C12H21NO2. The zero-order chi connectivity index (χ0) is 11.1. The van der Waals surface area contributed by atoms with Gasteiger partial charge >= 0.3 is 0 Å². The Kier molecular flexibility index (Phi) is 5.40. The summed E-state index contributed by atoms with van der Waals surface area (Å²) in [7, 11) is 0. The molecule has 1 saturated heterocycles. The highest BCUT2D eigenvalue weighted by Crippen LogP contribution is 2.09. The van der Waals surface area contributed by atoms with E-state index in [1.165, 1.54) is 12.8 Å². The van der Waals surface area contributed by atoms with Gasteiger partial charge in [0.2, 0.25) is 5.91 Å². The number of carbonyl (C=O) groups excluding carboxylic acids is 1. The first-order valence-corrected chi connectivity index (χ1v) is 5.88. The predicted octanol–water partition coefficient (Wildman–Crippen LogP) is 1.76. The second kappa shape index (κ2) is 6.62. The lowest BCUT2D eigenvalue weighted by Gasteiger charge is -2.06. The van der Waals surface area contributed by atoms with Crippen molar-refractivity contribution in [3.63, 3.8) is 0 Å². The van der Waals surface area contributed by atoms with Crippen molar-refractivity contribution < 1.29 is 9.90 Å². The van der Waals surface area contributed by atoms with Crippen LogP contribution in [0.4, 0.5) is 0 Å². The number of rotatable bonds is 6. The molecule has 86 valence electrons. The van der Waals surface area contributed by atoms with Crippen molar-refractivity contribution in [2.24, 2.45) is 0 Å². The maximum absolute atomic E-state index is 10.9. The van der Waals surface area contributed by atoms with Crippen molar-refractivity contribution in [2.75, 3.05) is 0 Å². The van der Waals surface area contributed by atoms with Gasteiger partial charge in [-0.3, -0.25) is 4.79 Å². The van der Waals surface area contributed by atoms with E-state index in [-0.39, 0.29) is 18.1 Å². The summed E-state index contributed by atoms with van der Waals surface area (Å²) in [5.74, 6) is 0.116. The third-order valence-electron chi connectivity index (χ3n) is 2.70. The Morgan fingerprint density at radius 3 is 3.00 bits per heavy atom. The molecule has 1 rings (SSSR count). The number of aliphatic hydroxyl groups is 1. The summed E-state index contributed by atoms with van der Waals surface area (Å²) in [6.07, 6.45) is 9.09. The molecule has 0 spiro atoms. The molecule has 1 fully saturated rings. The third-order valence-corrected chi connectivity index (χ3v) is 2.70. The monoisotopic (exact) mass is 211 g/mol. The molecule has 15 heavy (non-hydrogen) atoms. The molecule has 0 bridgehead atoms. The summed E-state index contributed by atoms with van der Waals surface area (Å²) in [5.41, 5.74) is 0. The lowest BCUT2D eigenvalue weighted by Crippen LogP contribution is -2.23. The Balaban J connectivity index is 2.16. The Bertz CT molecular complexity index is 226. The second-order valence-electron chi connectivity index (χ2n) is 4.16. The summed E-state index contributed by atoms with van der Waals surface area (Å²) in [6, 6.07) is 0.137. The van der Waals surface area contributed by atoms with Gasteiger partial charge in [-0.2, -0.15) is 0 Å². The molecule has 0 aromatic heterocycles. The van der Waals surface area contributed by atoms with Crippen LogP contribution in [0.15, 0.2) is 12.2 Å². The van der Waals surface area contributed by atoms with Gasteiger partial charge in [0.1, 0.15) is 0 Å². The normalized spacial score (nSPS) is 23.3. The van der Waals surface area contributed by atoms with Crippen molar-refractivity contribution in [3.05, 3.63) is 12.2 Å². The molecule has 1 aliphatic heterocycles. The van der Waals surface area contributed by atoms with Gasteiger partial charge in [0.05, 0.1) is 6.10 Å². The van der Waals surface area contributed by atoms with Crippen LogP contribution in [0.3, 0.4) is 0 Å². The standard InChI is InChI=1S/C12H21NO2/c1-2-3-4-5-11(14)8-6-10-7-9-12(15)13-10/h6,8,10-11,14H,2-5,7,9H2,1H3,(H,13,15)/b8-6+/t10-,11-/m0/s1. The Morgan fingerprint density at radius 2 is 2.40 bits per heavy atom. The molecule has 1 aliphatic rings. The topological polar surface area (TPSA) is 49.3 Å². The van der Waals surface area contributed by atoms with E-state index in [2.05, 4.69) is 12.2 Å². The molecule has 0 radical (unpaired) electrons. The first-order valence-electron chi connectivity index (χ1n) is 5.88. The highest BCUT2D eigenvalue weighted by molar-refractivity contribution is 5.78. The molecule has 2 atom stereocenters. The van der Waals surface area contributed by atoms with Crippen LogP contribution < -0.4 is 5.32 Å². The van der Waals surface area contributed by atoms with Gasteiger partial charge in [-0.1, -0.05) is 38.3 Å². The minimum absolute atomic E-state index is 0.116. The molecule has 0 unspecified atom stereocenters. The van der Waals surface area contributed by atoms with E-state index >= 15 is 0 Å². The van der Waals surface area contributed by atoms with Crippen molar-refractivity contribution in [2.45, 2.75) is 57.6 Å². The quantitative estimate of drug-likeness (QED) is 0.519. The van der Waals surface area contributed by atoms with Gasteiger partial charge in [0.25, 0.3) is 0 Å². The van der Waals surface area contributed by atoms with E-state index in [9.17, 15) is 9.90 Å². The van der Waals surface area contributed by atoms with Crippen LogP contribution in [0, 0.1) is 0 Å². The number of amides is 1. The predicted molar refractivity (Wildman–Crippen MR) is 60.5 cm³/mol. The fourth-order valence-electron chi connectivity index (χ4n) is 1.74. The Hall–Kier alpha value is -0.830. The van der Waals surface area contributed by atoms with Crippen molar-refractivity contribution in [1.82, 2.24) is 5.32 Å². The van der Waals surface area contributed by atoms with Gasteiger partial charge in [-0.05, 0) is 12.8 Å². The van der Waals surface area contributed by atoms with Crippen LogP contribution in [0.5, 0.6) is 0 Å². The van der Waals surface area contributed by atoms with Crippen molar-refractivity contribution in [3.8, 4) is 0 Å². The average molecular weight is 211 g/mol. The van der Waals surface area contributed by atoms with E-state index in [1.807, 2.05) is 12.2 Å². The number of aliphatic hydroxyl groups excluding tert-OH is 1. The average Bonchev–Trinajstić information content (AvgIpc) is 2.62. The van der Waals surface area contributed by atoms with Gasteiger partial charge in [0.15, 0.2) is 0 Å². The number of hydrogen-bond acceptors (Lipinski definition) is 2. The number of hydrogen-bond donors (Lipinski definition) is 2. The van der Waals surface area contributed by atoms with Gasteiger partial charge in [0, 0.05) is 12.5 Å². The summed E-state index contributed by atoms with van der Waals surface area (Å²) < 4.78 is 0. The molecule has 1 amide bonds. The summed E-state index contributed by atoms with van der Waals surface area (Å²) in [5, 5.41) is 12.4. The number of unbranched alkanes of at least 4 members (excludes halogenated alkanes) is 2. The number of carbonyl (C=O) groups is 1. The molecular weight excluding hydrogens is 190 g/mol. The zero-order valence-corrected chi connectivity index (χ0v) is 9.41. The third kappa shape index (κ3) is 4.98. The van der Waals surface area contributed by atoms with Crippen molar-refractivity contribution in [1.29, 1.82) is 0 Å². The van der Waals surface area contributed by atoms with Crippen LogP contribution in [-0.2, 0) is 4.79 Å². The summed E-state index contributed by atoms with van der Waals surface area (Å²) in [4.78, 5) is 10.9. The lowest BCUT2D eigenvalue weighted by atomic mass is 10.1. The fraction of sp³-hybridized carbons (Fsp3) is 0.750. The zero-order valence-electron chi connectivity index (χ0n) is 9.41. The molecule has 0 aliphatic carbocycles. The first kappa shape index (κ1) is 12.2. The van der Waals surface area contributed by atoms with E-state index in [0.29, 0.717) is 6.42 Å². The fourth-order valence-corrected chi connectivity index (χ4v) is 1.74. The minimum atomic E-state index is -0.353. The van der Waals surface area contributed by atoms with E-state index in [1.54, 1.807) is 0 Å². The van der Waals surface area contributed by atoms with Gasteiger partial charge in [-0.25, -0.2) is 0 Å². The van der Waals surface area contributed by atoms with Crippen LogP contribution in [0.25, 0.3) is 0 Å². The van der Waals surface area contributed by atoms with E-state index in [4.69, 9.17) is 0 Å². The molecule has 0 aromatic rings. The largest absolute Gasteiger partial charge is 0.389 e. The van der Waals surface area contributed by atoms with E-state index in [0.717, 1.165) is 19.3 Å². The first-order chi connectivity index (χ1) is 7.22. The molecule has 1 heterocycles. The SMILES string of the molecule is CCCCC[C@H](O)/C=C/[C@H]1CCC(=O)N1. The maximum atomic E-state index is 10.9. The highest BCUT2D eigenvalue weighted by atomic mass is 16.3. The van der Waals surface area contributed by atoms with Gasteiger partial charge in [-0.15, -0.1) is 0 Å². The Morgan fingerprint density at radius 1 is 1.60 bits per heavy atom. The van der Waals surface area contributed by atoms with Crippen molar-refractivity contribution >= 4 is 5.91 Å². The maximum Gasteiger partial charge on any atom is 0.220 e. The summed E-state index contributed by atoms with van der Waals surface area (Å²) in [6.45, 7) is 2.15. The molecule has 3 heteroatoms. The minimum Gasteiger partial charge on any atom is -0.389 e. The summed E-state index contributed by atoms with van der Waals surface area (Å²) >= 11 is 0. The van der Waals surface area contributed by atoms with Crippen LogP contribution in [-0.4, -0.2) is 23.2 Å². The molecule has 3 nitrogen and oxygen atoms in total. The molecule has 0 saturated carbocycles. The highest BCUT2D eigenvalue weighted by Gasteiger charge is 2.17. The smallest absolute Gasteiger partial charge is 0.220 e. The van der Waals surface area contributed by atoms with Crippen LogP contribution in [0.1, 0.15) is 45.4 Å². The van der Waals surface area contributed by atoms with Crippen LogP contribution in [0.2, 0.25) is 0 Å². The number of nitrogens with one attached hydrogen (secondary N) is 1. The van der Waals surface area contributed by atoms with Gasteiger partial charge < -0.3 is 10.4 Å².